The number of likely N-dealkylation sites (N-methyl/N-ethyl adjacent to an activating group) is 1. The minimum absolute atomic E-state index is 0.0370. The Morgan fingerprint density at radius 2 is 1.74 bits per heavy atom. The molecule has 2 aliphatic heterocycles. The van der Waals surface area contributed by atoms with Gasteiger partial charge in [-0.1, -0.05) is 0 Å². The number of rotatable bonds is 7. The number of piperidine rings is 1. The van der Waals surface area contributed by atoms with Gasteiger partial charge in [0, 0.05) is 29.5 Å². The highest BCUT2D eigenvalue weighted by molar-refractivity contribution is 7.90. The zero-order chi connectivity index (χ0) is 22.9. The number of halogens is 3. The van der Waals surface area contributed by atoms with E-state index in [0.29, 0.717) is 18.9 Å². The van der Waals surface area contributed by atoms with Crippen LogP contribution in [0.4, 0.5) is 13.2 Å². The molecule has 9 heteroatoms. The highest BCUT2D eigenvalue weighted by Gasteiger charge is 2.46. The predicted molar refractivity (Wildman–Crippen MR) is 115 cm³/mol. The first-order chi connectivity index (χ1) is 14.5. The average molecular weight is 460 g/mol. The molecule has 0 radical (unpaired) electrons. The van der Waals surface area contributed by atoms with Crippen LogP contribution >= 0.6 is 0 Å². The van der Waals surface area contributed by atoms with Crippen LogP contribution in [0.2, 0.25) is 0 Å². The van der Waals surface area contributed by atoms with E-state index >= 15 is 0 Å². The van der Waals surface area contributed by atoms with E-state index < -0.39 is 33.6 Å². The Balaban J connectivity index is 1.82. The molecule has 2 aliphatic rings. The van der Waals surface area contributed by atoms with Gasteiger partial charge in [0.05, 0.1) is 12.6 Å². The number of hydrogen-bond acceptors (Lipinski definition) is 4. The summed E-state index contributed by atoms with van der Waals surface area (Å²) in [5, 5.41) is 2.91. The number of nitrogens with zero attached hydrogens (tertiary/aromatic N) is 1. The summed E-state index contributed by atoms with van der Waals surface area (Å²) in [6.07, 6.45) is 3.32. The molecule has 0 saturated carbocycles. The van der Waals surface area contributed by atoms with Crippen molar-refractivity contribution in [3.8, 4) is 0 Å². The second kappa shape index (κ2) is 9.68. The number of hydrogen-bond donors (Lipinski definition) is 2. The minimum atomic E-state index is -1.41. The van der Waals surface area contributed by atoms with Crippen LogP contribution in [0.25, 0.3) is 0 Å². The Morgan fingerprint density at radius 3 is 2.29 bits per heavy atom. The number of carbonyl (C=O) groups excluding carboxylic acids is 1. The average Bonchev–Trinajstić information content (AvgIpc) is 2.94. The normalized spacial score (nSPS) is 25.5. The Kier molecular flexibility index (Phi) is 7.61. The van der Waals surface area contributed by atoms with Crippen molar-refractivity contribution in [2.75, 3.05) is 13.6 Å². The smallest absolute Gasteiger partial charge is 0.237 e. The summed E-state index contributed by atoms with van der Waals surface area (Å²) in [6, 6.07) is 1.24. The van der Waals surface area contributed by atoms with E-state index in [4.69, 9.17) is 0 Å². The van der Waals surface area contributed by atoms with Crippen molar-refractivity contribution in [2.24, 2.45) is 5.92 Å². The third-order valence-corrected chi connectivity index (χ3v) is 7.93. The molecule has 1 aromatic carbocycles. The van der Waals surface area contributed by atoms with Crippen molar-refractivity contribution in [1.82, 2.24) is 14.9 Å². The van der Waals surface area contributed by atoms with Gasteiger partial charge in [0.15, 0.2) is 11.6 Å². The third kappa shape index (κ3) is 5.56. The molecular formula is C22H32F3N3O2S. The van der Waals surface area contributed by atoms with Gasteiger partial charge in [0.2, 0.25) is 5.91 Å². The molecule has 1 aromatic rings. The minimum Gasteiger partial charge on any atom is -0.598 e. The molecule has 2 heterocycles. The van der Waals surface area contributed by atoms with Crippen LogP contribution in [0.1, 0.15) is 52.0 Å². The lowest BCUT2D eigenvalue weighted by Gasteiger charge is -2.42. The van der Waals surface area contributed by atoms with E-state index in [-0.39, 0.29) is 48.5 Å². The van der Waals surface area contributed by atoms with Gasteiger partial charge >= 0.3 is 0 Å². The van der Waals surface area contributed by atoms with Gasteiger partial charge in [-0.15, -0.1) is 4.72 Å². The molecule has 5 nitrogen and oxygen atoms in total. The second-order valence-electron chi connectivity index (χ2n) is 9.62. The first-order valence-corrected chi connectivity index (χ1v) is 11.9. The number of fused-ring (bicyclic) bond motifs is 2. The summed E-state index contributed by atoms with van der Waals surface area (Å²) < 4.78 is 57.0. The van der Waals surface area contributed by atoms with Crippen molar-refractivity contribution < 1.29 is 22.5 Å². The van der Waals surface area contributed by atoms with Gasteiger partial charge in [-0.25, -0.2) is 13.2 Å². The van der Waals surface area contributed by atoms with Crippen LogP contribution in [0.15, 0.2) is 12.1 Å². The molecule has 3 rings (SSSR count). The summed E-state index contributed by atoms with van der Waals surface area (Å²) in [5.41, 5.74) is 0.0587. The molecule has 0 aliphatic carbocycles. The van der Waals surface area contributed by atoms with Gasteiger partial charge in [0.1, 0.15) is 10.6 Å². The largest absolute Gasteiger partial charge is 0.598 e. The number of amides is 1. The van der Waals surface area contributed by atoms with Crippen molar-refractivity contribution in [3.63, 3.8) is 0 Å². The van der Waals surface area contributed by atoms with Crippen LogP contribution in [0.3, 0.4) is 0 Å². The SMILES string of the molecule is CNCC(=O)N1C2CCC1CC([C@@H](Cc1cc(F)c(F)cc1F)N[S+]([O-])C(C)(C)C)C2. The van der Waals surface area contributed by atoms with E-state index in [1.54, 1.807) is 7.05 Å². The lowest BCUT2D eigenvalue weighted by Crippen LogP contribution is -2.55. The predicted octanol–water partition coefficient (Wildman–Crippen LogP) is 3.06. The summed E-state index contributed by atoms with van der Waals surface area (Å²) in [5.74, 6) is -3.02. The fraction of sp³-hybridized carbons (Fsp3) is 0.682. The number of benzene rings is 1. The highest BCUT2D eigenvalue weighted by Crippen LogP contribution is 2.41. The maximum atomic E-state index is 14.4. The van der Waals surface area contributed by atoms with Crippen molar-refractivity contribution >= 4 is 17.3 Å². The van der Waals surface area contributed by atoms with Crippen LogP contribution < -0.4 is 10.0 Å². The van der Waals surface area contributed by atoms with E-state index in [1.807, 2.05) is 25.7 Å². The number of nitrogens with one attached hydrogen (secondary N) is 2. The first-order valence-electron chi connectivity index (χ1n) is 10.8. The monoisotopic (exact) mass is 459 g/mol. The Hall–Kier alpha value is -1.29. The quantitative estimate of drug-likeness (QED) is 0.486. The second-order valence-corrected chi connectivity index (χ2v) is 11.6. The molecule has 2 bridgehead atoms. The fourth-order valence-corrected chi connectivity index (χ4v) is 5.68. The lowest BCUT2D eigenvalue weighted by molar-refractivity contribution is -0.135. The summed E-state index contributed by atoms with van der Waals surface area (Å²) >= 11 is -1.41. The van der Waals surface area contributed by atoms with Crippen LogP contribution in [-0.2, 0) is 22.6 Å². The third-order valence-electron chi connectivity index (χ3n) is 6.30. The van der Waals surface area contributed by atoms with Gasteiger partial charge in [0.25, 0.3) is 0 Å². The first kappa shape index (κ1) is 24.4. The van der Waals surface area contributed by atoms with Crippen molar-refractivity contribution in [2.45, 2.75) is 75.7 Å². The van der Waals surface area contributed by atoms with Crippen LogP contribution in [0, 0.1) is 23.4 Å². The zero-order valence-corrected chi connectivity index (χ0v) is 19.3. The van der Waals surface area contributed by atoms with Gasteiger partial charge in [-0.05, 0) is 77.5 Å². The molecule has 31 heavy (non-hydrogen) atoms. The van der Waals surface area contributed by atoms with Crippen LogP contribution in [-0.4, -0.2) is 51.8 Å². The van der Waals surface area contributed by atoms with E-state index in [0.717, 1.165) is 18.9 Å². The van der Waals surface area contributed by atoms with E-state index in [9.17, 15) is 22.5 Å². The standard InChI is InChI=1S/C22H32F3N3O2S/c1-22(2,3)31(30)27-20(10-13-9-18(24)19(25)11-17(13)23)14-7-15-5-6-16(8-14)28(15)21(29)12-26-4/h9,11,14-16,20,26-27H,5-8,10,12H2,1-4H3/t14?,15?,16?,20-,31?/m1/s1. The molecule has 174 valence electrons. The molecule has 1 amide bonds. The van der Waals surface area contributed by atoms with Gasteiger partial charge < -0.3 is 14.8 Å². The van der Waals surface area contributed by atoms with Crippen molar-refractivity contribution in [1.29, 1.82) is 0 Å². The maximum Gasteiger partial charge on any atom is 0.237 e. The molecule has 4 atom stereocenters. The van der Waals surface area contributed by atoms with Crippen LogP contribution in [0.5, 0.6) is 0 Å². The van der Waals surface area contributed by atoms with Gasteiger partial charge in [-0.3, -0.25) is 4.79 Å². The summed E-state index contributed by atoms with van der Waals surface area (Å²) in [6.45, 7) is 5.81. The molecule has 0 spiro atoms. The highest BCUT2D eigenvalue weighted by atomic mass is 32.2. The molecule has 0 aromatic heterocycles. The molecule has 2 fully saturated rings. The maximum absolute atomic E-state index is 14.4. The van der Waals surface area contributed by atoms with E-state index in [2.05, 4.69) is 10.0 Å². The van der Waals surface area contributed by atoms with Crippen molar-refractivity contribution in [3.05, 3.63) is 35.1 Å². The Bertz CT molecular complexity index is 791. The molecular weight excluding hydrogens is 427 g/mol. The Morgan fingerprint density at radius 1 is 1.16 bits per heavy atom. The Labute approximate surface area is 185 Å². The zero-order valence-electron chi connectivity index (χ0n) is 18.5. The van der Waals surface area contributed by atoms with Gasteiger partial charge in [-0.2, -0.15) is 0 Å². The molecule has 2 N–H and O–H groups in total. The topological polar surface area (TPSA) is 67.4 Å². The summed E-state index contributed by atoms with van der Waals surface area (Å²) in [4.78, 5) is 14.5. The van der Waals surface area contributed by atoms with E-state index in [1.165, 1.54) is 0 Å². The molecule has 2 saturated heterocycles. The molecule has 3 unspecified atom stereocenters. The fourth-order valence-electron chi connectivity index (χ4n) is 4.77. The number of carbonyl (C=O) groups is 1. The lowest BCUT2D eigenvalue weighted by atomic mass is 9.82. The summed E-state index contributed by atoms with van der Waals surface area (Å²) in [7, 11) is 1.74.